The third kappa shape index (κ3) is 4.26. The van der Waals surface area contributed by atoms with Crippen molar-refractivity contribution in [1.82, 2.24) is 0 Å². The fourth-order valence-corrected chi connectivity index (χ4v) is 4.39. The van der Waals surface area contributed by atoms with E-state index in [-0.39, 0.29) is 56.1 Å². The Bertz CT molecular complexity index is 866. The van der Waals surface area contributed by atoms with Gasteiger partial charge in [0.05, 0.1) is 0 Å². The summed E-state index contributed by atoms with van der Waals surface area (Å²) in [4.78, 5) is 0. The third-order valence-electron chi connectivity index (χ3n) is 5.77. The van der Waals surface area contributed by atoms with Gasteiger partial charge in [-0.2, -0.15) is 0 Å². The molecule has 0 N–H and O–H groups in total. The topological polar surface area (TPSA) is 0 Å². The van der Waals surface area contributed by atoms with Crippen LogP contribution in [-0.2, 0) is 37.7 Å². The van der Waals surface area contributed by atoms with E-state index in [9.17, 15) is 0 Å². The summed E-state index contributed by atoms with van der Waals surface area (Å²) >= 11 is 0. The first-order valence-electron chi connectivity index (χ1n) is 8.92. The van der Waals surface area contributed by atoms with Crippen LogP contribution in [0.25, 0.3) is 11.1 Å². The summed E-state index contributed by atoms with van der Waals surface area (Å²) in [7, 11) is 0. The molecule has 0 saturated carbocycles. The molecule has 0 aromatic heterocycles. The first kappa shape index (κ1) is 24.1. The second-order valence-corrected chi connectivity index (χ2v) is 7.15. The predicted molar refractivity (Wildman–Crippen MR) is 118 cm³/mol. The largest absolute Gasteiger partial charge is 0.147 e. The second-order valence-electron chi connectivity index (χ2n) is 7.15. The first-order valence-corrected chi connectivity index (χ1v) is 8.92. The minimum Gasteiger partial charge on any atom is -0.147 e. The van der Waals surface area contributed by atoms with Gasteiger partial charge < -0.3 is 0 Å². The van der Waals surface area contributed by atoms with Crippen molar-refractivity contribution in [3.8, 4) is 11.1 Å². The molecule has 0 heterocycles. The quantitative estimate of drug-likeness (QED) is 0.227. The molecule has 0 amide bonds. The smallest absolute Gasteiger partial charge is 0.0145 e. The van der Waals surface area contributed by atoms with Crippen LogP contribution < -0.4 is 0 Å². The van der Waals surface area contributed by atoms with Gasteiger partial charge in [0.1, 0.15) is 0 Å². The summed E-state index contributed by atoms with van der Waals surface area (Å²) in [5.41, 5.74) is 8.97. The average molecular weight is 564 g/mol. The van der Waals surface area contributed by atoms with Crippen molar-refractivity contribution in [3.63, 3.8) is 0 Å². The minimum absolute atomic E-state index is 0. The maximum Gasteiger partial charge on any atom is 0.0145 e. The zero-order chi connectivity index (χ0) is 16.6. The zero-order valence-electron chi connectivity index (χ0n) is 15.7. The summed E-state index contributed by atoms with van der Waals surface area (Å²) < 4.78 is 0. The van der Waals surface area contributed by atoms with E-state index >= 15 is 0 Å². The third-order valence-corrected chi connectivity index (χ3v) is 5.77. The molecule has 2 aromatic rings. The second kappa shape index (κ2) is 10.1. The van der Waals surface area contributed by atoms with Gasteiger partial charge in [-0.15, -0.1) is 31.4 Å². The van der Waals surface area contributed by atoms with Gasteiger partial charge in [-0.25, -0.2) is 0 Å². The molecule has 2 aliphatic rings. The van der Waals surface area contributed by atoms with Crippen molar-refractivity contribution in [1.29, 1.82) is 0 Å². The Labute approximate surface area is 194 Å². The van der Waals surface area contributed by atoms with Crippen molar-refractivity contribution in [3.05, 3.63) is 95.6 Å². The molecule has 1 atom stereocenters. The molecular weight excluding hydrogens is 538 g/mol. The van der Waals surface area contributed by atoms with Gasteiger partial charge in [0, 0.05) is 31.3 Å². The van der Waals surface area contributed by atoms with E-state index in [0.717, 1.165) is 25.7 Å². The standard InChI is InChI=1S/C24H24.2ClH.Hf/c1-3-4-16-24(2,19-11-6-7-12-19)23-15-9-14-21-20-13-8-5-10-18(20)17-22(21)23;;;/h3,5-11,13-15H,1,4,12,16-17H2,2H3;2*1H;. The van der Waals surface area contributed by atoms with E-state index in [1.54, 1.807) is 0 Å². The maximum atomic E-state index is 3.95. The maximum absolute atomic E-state index is 3.95. The Hall–Kier alpha value is -0.890. The van der Waals surface area contributed by atoms with Gasteiger partial charge in [-0.3, -0.25) is 0 Å². The van der Waals surface area contributed by atoms with Crippen LogP contribution in [-0.4, -0.2) is 0 Å². The molecule has 0 nitrogen and oxygen atoms in total. The number of hydrogen-bond donors (Lipinski definition) is 0. The van der Waals surface area contributed by atoms with Crippen molar-refractivity contribution in [2.45, 2.75) is 38.0 Å². The summed E-state index contributed by atoms with van der Waals surface area (Å²) in [6, 6.07) is 15.7. The number of fused-ring (bicyclic) bond motifs is 3. The Morgan fingerprint density at radius 2 is 1.78 bits per heavy atom. The van der Waals surface area contributed by atoms with Gasteiger partial charge in [0.2, 0.25) is 0 Å². The molecule has 2 aromatic carbocycles. The Kier molecular flexibility index (Phi) is 8.99. The van der Waals surface area contributed by atoms with Crippen LogP contribution in [0.1, 0.15) is 42.9 Å². The fraction of sp³-hybridized carbons (Fsp3) is 0.250. The Morgan fingerprint density at radius 3 is 2.48 bits per heavy atom. The zero-order valence-corrected chi connectivity index (χ0v) is 20.9. The van der Waals surface area contributed by atoms with Crippen molar-refractivity contribution in [2.24, 2.45) is 0 Å². The molecule has 0 aliphatic heterocycles. The van der Waals surface area contributed by atoms with Crippen molar-refractivity contribution >= 4 is 24.8 Å². The van der Waals surface area contributed by atoms with Gasteiger partial charge in [0.15, 0.2) is 0 Å². The van der Waals surface area contributed by atoms with E-state index < -0.39 is 0 Å². The van der Waals surface area contributed by atoms with E-state index in [1.807, 2.05) is 0 Å². The van der Waals surface area contributed by atoms with Crippen LogP contribution in [0, 0.1) is 0 Å². The number of hydrogen-bond acceptors (Lipinski definition) is 0. The molecule has 27 heavy (non-hydrogen) atoms. The summed E-state index contributed by atoms with van der Waals surface area (Å²) in [6.07, 6.45) is 13.2. The Balaban J connectivity index is 0.00000121. The molecule has 0 saturated heterocycles. The normalized spacial score (nSPS) is 15.2. The number of rotatable bonds is 5. The Morgan fingerprint density at radius 1 is 1.04 bits per heavy atom. The van der Waals surface area contributed by atoms with Crippen LogP contribution in [0.4, 0.5) is 0 Å². The molecule has 0 fully saturated rings. The van der Waals surface area contributed by atoms with E-state index in [2.05, 4.69) is 80.3 Å². The van der Waals surface area contributed by atoms with Gasteiger partial charge in [-0.05, 0) is 53.5 Å². The van der Waals surface area contributed by atoms with Crippen molar-refractivity contribution < 1.29 is 25.8 Å². The molecule has 2 aliphatic carbocycles. The van der Waals surface area contributed by atoms with E-state index in [4.69, 9.17) is 0 Å². The van der Waals surface area contributed by atoms with Gasteiger partial charge in [-0.1, -0.05) is 79.3 Å². The molecule has 0 bridgehead atoms. The average Bonchev–Trinajstić information content (AvgIpc) is 3.27. The van der Waals surface area contributed by atoms with Crippen LogP contribution in [0.5, 0.6) is 0 Å². The number of halogens is 2. The number of allylic oxidation sites excluding steroid dienone is 5. The molecule has 140 valence electrons. The molecule has 0 spiro atoms. The molecule has 3 heteroatoms. The van der Waals surface area contributed by atoms with E-state index in [0.29, 0.717) is 0 Å². The molecule has 4 rings (SSSR count). The number of benzene rings is 2. The molecule has 0 radical (unpaired) electrons. The fourth-order valence-electron chi connectivity index (χ4n) is 4.39. The van der Waals surface area contributed by atoms with Crippen LogP contribution in [0.15, 0.2) is 78.9 Å². The summed E-state index contributed by atoms with van der Waals surface area (Å²) in [6.45, 7) is 6.38. The summed E-state index contributed by atoms with van der Waals surface area (Å²) in [5.74, 6) is 0. The molecular formula is C24H26Cl2Hf. The van der Waals surface area contributed by atoms with Crippen molar-refractivity contribution in [2.75, 3.05) is 0 Å². The van der Waals surface area contributed by atoms with Gasteiger partial charge >= 0.3 is 0 Å². The van der Waals surface area contributed by atoms with Crippen LogP contribution in [0.2, 0.25) is 0 Å². The first-order chi connectivity index (χ1) is 11.7. The SMILES string of the molecule is C=CCCC(C)(C1=CC=CC1)c1cccc2c1Cc1ccccc1-2.Cl.Cl.[Hf]. The monoisotopic (exact) mass is 564 g/mol. The van der Waals surface area contributed by atoms with E-state index in [1.165, 1.54) is 33.4 Å². The van der Waals surface area contributed by atoms with Crippen LogP contribution >= 0.6 is 24.8 Å². The summed E-state index contributed by atoms with van der Waals surface area (Å²) in [5, 5.41) is 0. The molecule has 1 unspecified atom stereocenters. The van der Waals surface area contributed by atoms with Crippen LogP contribution in [0.3, 0.4) is 0 Å². The predicted octanol–water partition coefficient (Wildman–Crippen LogP) is 7.21. The minimum atomic E-state index is 0. The van der Waals surface area contributed by atoms with Gasteiger partial charge in [0.25, 0.3) is 0 Å².